The van der Waals surface area contributed by atoms with Crippen molar-refractivity contribution in [2.24, 2.45) is 5.73 Å². The summed E-state index contributed by atoms with van der Waals surface area (Å²) in [5.41, 5.74) is 10.7. The number of H-pyrrole nitrogens is 1. The molecule has 1 atom stereocenters. The third-order valence-corrected chi connectivity index (χ3v) is 5.83. The highest BCUT2D eigenvalue weighted by molar-refractivity contribution is 5.75. The van der Waals surface area contributed by atoms with Gasteiger partial charge in [0.2, 0.25) is 17.5 Å². The number of hydrogen-bond donors (Lipinski definition) is 2. The first-order valence-electron chi connectivity index (χ1n) is 10.5. The van der Waals surface area contributed by atoms with Crippen LogP contribution in [0.25, 0.3) is 11.3 Å². The van der Waals surface area contributed by atoms with Crippen LogP contribution in [-0.4, -0.2) is 31.5 Å². The van der Waals surface area contributed by atoms with Crippen LogP contribution in [0, 0.1) is 11.3 Å². The Balaban J connectivity index is 1.92. The Morgan fingerprint density at radius 3 is 2.21 bits per heavy atom. The normalized spacial score (nSPS) is 15.0. The highest BCUT2D eigenvalue weighted by Crippen LogP contribution is 2.48. The Bertz CT molecular complexity index is 1230. The molecule has 8 nitrogen and oxygen atoms in total. The molecule has 0 saturated carbocycles. The van der Waals surface area contributed by atoms with Gasteiger partial charge in [-0.15, -0.1) is 5.10 Å². The maximum Gasteiger partial charge on any atom is 0.244 e. The fourth-order valence-corrected chi connectivity index (χ4v) is 4.10. The molecule has 0 aliphatic carbocycles. The predicted octanol–water partition coefficient (Wildman–Crippen LogP) is 4.44. The third-order valence-electron chi connectivity index (χ3n) is 5.83. The number of rotatable bonds is 6. The van der Waals surface area contributed by atoms with Crippen molar-refractivity contribution in [3.8, 4) is 40.5 Å². The molecule has 0 unspecified atom stereocenters. The molecule has 4 rings (SSSR count). The number of nitrogens with zero attached hydrogens (tertiary/aromatic N) is 2. The molecule has 0 radical (unpaired) electrons. The summed E-state index contributed by atoms with van der Waals surface area (Å²) < 4.78 is 22.2. The Labute approximate surface area is 192 Å². The van der Waals surface area contributed by atoms with Crippen molar-refractivity contribution < 1.29 is 18.9 Å². The lowest BCUT2D eigenvalue weighted by Gasteiger charge is -2.24. The highest BCUT2D eigenvalue weighted by Gasteiger charge is 2.36. The van der Waals surface area contributed by atoms with Crippen LogP contribution in [0.5, 0.6) is 23.1 Å². The minimum Gasteiger partial charge on any atom is -0.493 e. The standard InChI is InChI=1S/C25H26N4O4/c1-13(2)14-6-8-15(9-7-14)20-17(12-26)24(27)33-25-21(20)22(28-29-25)16-10-18(30-3)23(32-5)19(11-16)31-4/h6-11,13,20H,27H2,1-5H3,(H,28,29)/t20-/m0/s1. The molecule has 8 heteroatoms. The van der Waals surface area contributed by atoms with Gasteiger partial charge in [0.25, 0.3) is 0 Å². The van der Waals surface area contributed by atoms with Gasteiger partial charge in [0, 0.05) is 5.56 Å². The number of methoxy groups -OCH3 is 3. The van der Waals surface area contributed by atoms with Crippen LogP contribution in [0.2, 0.25) is 0 Å². The molecule has 170 valence electrons. The Hall–Kier alpha value is -4.12. The number of benzene rings is 2. The Morgan fingerprint density at radius 2 is 1.70 bits per heavy atom. The van der Waals surface area contributed by atoms with Crippen molar-refractivity contribution in [1.82, 2.24) is 10.2 Å². The molecular formula is C25H26N4O4. The smallest absolute Gasteiger partial charge is 0.244 e. The van der Waals surface area contributed by atoms with Gasteiger partial charge in [-0.1, -0.05) is 38.1 Å². The summed E-state index contributed by atoms with van der Waals surface area (Å²) >= 11 is 0. The van der Waals surface area contributed by atoms with Crippen molar-refractivity contribution in [3.63, 3.8) is 0 Å². The van der Waals surface area contributed by atoms with E-state index in [2.05, 4.69) is 42.2 Å². The fraction of sp³-hybridized carbons (Fsp3) is 0.280. The van der Waals surface area contributed by atoms with Crippen molar-refractivity contribution >= 4 is 0 Å². The molecule has 1 aliphatic rings. The van der Waals surface area contributed by atoms with Crippen LogP contribution < -0.4 is 24.7 Å². The van der Waals surface area contributed by atoms with Gasteiger partial charge in [0.15, 0.2) is 11.5 Å². The van der Waals surface area contributed by atoms with Gasteiger partial charge in [-0.25, -0.2) is 0 Å². The van der Waals surface area contributed by atoms with E-state index in [0.29, 0.717) is 45.9 Å². The van der Waals surface area contributed by atoms with Gasteiger partial charge >= 0.3 is 0 Å². The van der Waals surface area contributed by atoms with Crippen molar-refractivity contribution in [3.05, 3.63) is 64.5 Å². The predicted molar refractivity (Wildman–Crippen MR) is 124 cm³/mol. The number of nitrogens with one attached hydrogen (secondary N) is 1. The minimum absolute atomic E-state index is 0.0471. The molecule has 0 fully saturated rings. The third kappa shape index (κ3) is 3.72. The largest absolute Gasteiger partial charge is 0.493 e. The van der Waals surface area contributed by atoms with Crippen LogP contribution in [0.3, 0.4) is 0 Å². The molecule has 3 N–H and O–H groups in total. The van der Waals surface area contributed by atoms with Gasteiger partial charge in [-0.2, -0.15) is 5.26 Å². The first-order valence-corrected chi connectivity index (χ1v) is 10.5. The molecule has 2 heterocycles. The molecule has 0 spiro atoms. The summed E-state index contributed by atoms with van der Waals surface area (Å²) in [6, 6.07) is 14.1. The van der Waals surface area contributed by atoms with Crippen molar-refractivity contribution in [2.75, 3.05) is 21.3 Å². The van der Waals surface area contributed by atoms with Gasteiger partial charge in [0.1, 0.15) is 11.6 Å². The highest BCUT2D eigenvalue weighted by atomic mass is 16.5. The van der Waals surface area contributed by atoms with E-state index in [0.717, 1.165) is 11.1 Å². The molecule has 1 aliphatic heterocycles. The summed E-state index contributed by atoms with van der Waals surface area (Å²) in [5.74, 6) is 1.80. The fourth-order valence-electron chi connectivity index (χ4n) is 4.10. The molecule has 3 aromatic rings. The Morgan fingerprint density at radius 1 is 1.06 bits per heavy atom. The van der Waals surface area contributed by atoms with E-state index < -0.39 is 5.92 Å². The van der Waals surface area contributed by atoms with Gasteiger partial charge < -0.3 is 24.7 Å². The molecule has 1 aromatic heterocycles. The second-order valence-corrected chi connectivity index (χ2v) is 7.98. The Kier molecular flexibility index (Phi) is 5.88. The van der Waals surface area contributed by atoms with E-state index in [1.54, 1.807) is 21.3 Å². The SMILES string of the molecule is COc1cc(-c2[nH]nc3c2[C@@H](c2ccc(C(C)C)cc2)C(C#N)=C(N)O3)cc(OC)c1OC. The summed E-state index contributed by atoms with van der Waals surface area (Å²) in [6.45, 7) is 4.28. The topological polar surface area (TPSA) is 115 Å². The zero-order chi connectivity index (χ0) is 23.7. The average Bonchev–Trinajstić information content (AvgIpc) is 3.25. The summed E-state index contributed by atoms with van der Waals surface area (Å²) in [4.78, 5) is 0. The second kappa shape index (κ2) is 8.79. The van der Waals surface area contributed by atoms with Crippen LogP contribution in [0.15, 0.2) is 47.9 Å². The number of aromatic amines is 1. The molecule has 0 saturated heterocycles. The van der Waals surface area contributed by atoms with E-state index in [4.69, 9.17) is 24.7 Å². The number of allylic oxidation sites excluding steroid dienone is 1. The molecule has 0 bridgehead atoms. The lowest BCUT2D eigenvalue weighted by atomic mass is 9.82. The molecule has 33 heavy (non-hydrogen) atoms. The van der Waals surface area contributed by atoms with Crippen LogP contribution in [0.4, 0.5) is 0 Å². The van der Waals surface area contributed by atoms with Gasteiger partial charge in [-0.05, 0) is 29.2 Å². The van der Waals surface area contributed by atoms with Crippen molar-refractivity contribution in [1.29, 1.82) is 5.26 Å². The van der Waals surface area contributed by atoms with Crippen molar-refractivity contribution in [2.45, 2.75) is 25.7 Å². The summed E-state index contributed by atoms with van der Waals surface area (Å²) in [7, 11) is 4.67. The first-order chi connectivity index (χ1) is 15.9. The van der Waals surface area contributed by atoms with Gasteiger partial charge in [0.05, 0.1) is 38.5 Å². The number of nitriles is 1. The zero-order valence-corrected chi connectivity index (χ0v) is 19.2. The lowest BCUT2D eigenvalue weighted by Crippen LogP contribution is -2.21. The van der Waals surface area contributed by atoms with E-state index in [1.807, 2.05) is 24.3 Å². The summed E-state index contributed by atoms with van der Waals surface area (Å²) in [6.07, 6.45) is 0. The number of fused-ring (bicyclic) bond motifs is 1. The molecular weight excluding hydrogens is 420 g/mol. The van der Waals surface area contributed by atoms with Crippen LogP contribution >= 0.6 is 0 Å². The van der Waals surface area contributed by atoms with Gasteiger partial charge in [-0.3, -0.25) is 5.10 Å². The second-order valence-electron chi connectivity index (χ2n) is 7.98. The molecule has 2 aromatic carbocycles. The van der Waals surface area contributed by atoms with E-state index in [1.165, 1.54) is 5.56 Å². The van der Waals surface area contributed by atoms with E-state index in [-0.39, 0.29) is 5.88 Å². The monoisotopic (exact) mass is 446 g/mol. The summed E-state index contributed by atoms with van der Waals surface area (Å²) in [5, 5.41) is 17.3. The quantitative estimate of drug-likeness (QED) is 0.575. The zero-order valence-electron chi connectivity index (χ0n) is 19.2. The van der Waals surface area contributed by atoms with E-state index in [9.17, 15) is 5.26 Å². The maximum absolute atomic E-state index is 9.94. The number of aromatic nitrogens is 2. The number of hydrogen-bond acceptors (Lipinski definition) is 7. The lowest BCUT2D eigenvalue weighted by molar-refractivity contribution is 0.324. The maximum atomic E-state index is 9.94. The van der Waals surface area contributed by atoms with Crippen LogP contribution in [-0.2, 0) is 0 Å². The minimum atomic E-state index is -0.451. The van der Waals surface area contributed by atoms with Crippen LogP contribution in [0.1, 0.15) is 42.4 Å². The number of ether oxygens (including phenoxy) is 4. The first kappa shape index (κ1) is 22.1. The molecule has 0 amide bonds. The average molecular weight is 447 g/mol. The number of nitrogens with two attached hydrogens (primary N) is 1. The van der Waals surface area contributed by atoms with E-state index >= 15 is 0 Å².